The largest absolute Gasteiger partial charge is 0.297 e. The lowest BCUT2D eigenvalue weighted by Crippen LogP contribution is -2.19. The Morgan fingerprint density at radius 1 is 1.33 bits per heavy atom. The van der Waals surface area contributed by atoms with Crippen LogP contribution >= 0.6 is 24.0 Å². The Balaban J connectivity index is 2.14. The molecule has 0 bridgehead atoms. The molecule has 80 valence electrons. The second kappa shape index (κ2) is 5.01. The van der Waals surface area contributed by atoms with Gasteiger partial charge in [0.05, 0.1) is 0 Å². The summed E-state index contributed by atoms with van der Waals surface area (Å²) in [5, 5.41) is 3.69. The van der Waals surface area contributed by atoms with Crippen LogP contribution in [-0.2, 0) is 6.42 Å². The fourth-order valence-electron chi connectivity index (χ4n) is 1.61. The highest BCUT2D eigenvalue weighted by atomic mass is 32.1. The van der Waals surface area contributed by atoms with Gasteiger partial charge in [0, 0.05) is 17.1 Å². The van der Waals surface area contributed by atoms with Gasteiger partial charge in [-0.15, -0.1) is 11.3 Å². The molecule has 0 fully saturated rings. The first-order valence-electron chi connectivity index (χ1n) is 5.06. The van der Waals surface area contributed by atoms with Crippen LogP contribution in [-0.4, -0.2) is 24.4 Å². The lowest BCUT2D eigenvalue weighted by Gasteiger charge is -2.12. The summed E-state index contributed by atoms with van der Waals surface area (Å²) in [6.45, 7) is 1.07. The lowest BCUT2D eigenvalue weighted by molar-refractivity contribution is 0.399. The molecule has 0 spiro atoms. The van der Waals surface area contributed by atoms with Crippen molar-refractivity contribution in [3.05, 3.63) is 35.2 Å². The molecule has 0 saturated carbocycles. The number of likely N-dealkylation sites (N-methyl/N-ethyl adjacent to an activating group) is 1. The number of hydrogen-bond donors (Lipinski definition) is 1. The summed E-state index contributed by atoms with van der Waals surface area (Å²) in [5.74, 6) is 0.821. The molecule has 2 rings (SSSR count). The van der Waals surface area contributed by atoms with E-state index in [0.29, 0.717) is 0 Å². The van der Waals surface area contributed by atoms with Crippen molar-refractivity contribution in [1.29, 1.82) is 0 Å². The van der Waals surface area contributed by atoms with Crippen LogP contribution in [0, 0.1) is 0 Å². The van der Waals surface area contributed by atoms with Crippen LogP contribution in [0.4, 0.5) is 0 Å². The maximum absolute atomic E-state index is 4.25. The molecule has 0 atom stereocenters. The van der Waals surface area contributed by atoms with Gasteiger partial charge in [0.2, 0.25) is 0 Å². The predicted octanol–water partition coefficient (Wildman–Crippen LogP) is 3.26. The van der Waals surface area contributed by atoms with E-state index in [1.165, 1.54) is 15.6 Å². The number of benzene rings is 1. The number of thiophene rings is 1. The Morgan fingerprint density at radius 2 is 2.13 bits per heavy atom. The van der Waals surface area contributed by atoms with E-state index in [2.05, 4.69) is 54.2 Å². The van der Waals surface area contributed by atoms with E-state index in [1.807, 2.05) is 11.3 Å². The van der Waals surface area contributed by atoms with Crippen molar-refractivity contribution >= 4 is 34.1 Å². The average molecular weight is 237 g/mol. The Kier molecular flexibility index (Phi) is 3.67. The van der Waals surface area contributed by atoms with Crippen LogP contribution in [0.1, 0.15) is 5.56 Å². The van der Waals surface area contributed by atoms with Crippen LogP contribution in [0.5, 0.6) is 0 Å². The summed E-state index contributed by atoms with van der Waals surface area (Å²) >= 11 is 6.08. The molecule has 1 aromatic carbocycles. The molecule has 15 heavy (non-hydrogen) atoms. The van der Waals surface area contributed by atoms with E-state index in [-0.39, 0.29) is 0 Å². The van der Waals surface area contributed by atoms with Crippen LogP contribution in [0.25, 0.3) is 10.1 Å². The van der Waals surface area contributed by atoms with Gasteiger partial charge < -0.3 is 0 Å². The monoisotopic (exact) mass is 237 g/mol. The molecular formula is C12H15NS2. The smallest absolute Gasteiger partial charge is 0.0411 e. The van der Waals surface area contributed by atoms with Gasteiger partial charge in [0.15, 0.2) is 0 Å². The summed E-state index contributed by atoms with van der Waals surface area (Å²) in [6.07, 6.45) is 1.11. The second-order valence-corrected chi connectivity index (χ2v) is 4.92. The molecule has 0 amide bonds. The molecule has 1 aromatic heterocycles. The van der Waals surface area contributed by atoms with Gasteiger partial charge in [-0.05, 0) is 35.9 Å². The van der Waals surface area contributed by atoms with E-state index in [1.54, 1.807) is 0 Å². The molecule has 0 radical (unpaired) electrons. The summed E-state index contributed by atoms with van der Waals surface area (Å²) in [7, 11) is 2.10. The molecule has 0 N–H and O–H groups in total. The maximum Gasteiger partial charge on any atom is 0.0411 e. The molecule has 1 heterocycles. The zero-order valence-corrected chi connectivity index (χ0v) is 10.5. The molecule has 1 nitrogen and oxygen atoms in total. The van der Waals surface area contributed by atoms with Crippen molar-refractivity contribution in [2.24, 2.45) is 0 Å². The number of rotatable bonds is 4. The highest BCUT2D eigenvalue weighted by Gasteiger charge is 2.03. The summed E-state index contributed by atoms with van der Waals surface area (Å²) in [6, 6.07) is 8.61. The molecule has 0 aliphatic carbocycles. The third-order valence-corrected chi connectivity index (χ3v) is 4.06. The van der Waals surface area contributed by atoms with E-state index < -0.39 is 0 Å². The van der Waals surface area contributed by atoms with E-state index in [4.69, 9.17) is 0 Å². The quantitative estimate of drug-likeness (QED) is 0.631. The van der Waals surface area contributed by atoms with Gasteiger partial charge in [0.25, 0.3) is 0 Å². The first-order valence-corrected chi connectivity index (χ1v) is 6.57. The molecule has 2 aromatic rings. The lowest BCUT2D eigenvalue weighted by atomic mass is 10.1. The number of fused-ring (bicyclic) bond motifs is 1. The second-order valence-electron chi connectivity index (χ2n) is 3.73. The van der Waals surface area contributed by atoms with Crippen molar-refractivity contribution < 1.29 is 0 Å². The first-order chi connectivity index (χ1) is 7.31. The third kappa shape index (κ3) is 2.54. The zero-order valence-electron chi connectivity index (χ0n) is 8.81. The van der Waals surface area contributed by atoms with Crippen LogP contribution in [0.3, 0.4) is 0 Å². The number of hydrogen-bond acceptors (Lipinski definition) is 3. The molecular weight excluding hydrogens is 222 g/mol. The zero-order chi connectivity index (χ0) is 10.7. The Labute approximate surface area is 100 Å². The minimum atomic E-state index is 0.821. The van der Waals surface area contributed by atoms with E-state index >= 15 is 0 Å². The van der Waals surface area contributed by atoms with E-state index in [0.717, 1.165) is 18.8 Å². The minimum Gasteiger partial charge on any atom is -0.297 e. The third-order valence-electron chi connectivity index (χ3n) is 2.57. The van der Waals surface area contributed by atoms with Crippen LogP contribution in [0.15, 0.2) is 29.6 Å². The van der Waals surface area contributed by atoms with Gasteiger partial charge in [-0.1, -0.05) is 18.2 Å². The normalized spacial score (nSPS) is 11.4. The van der Waals surface area contributed by atoms with Gasteiger partial charge in [-0.3, -0.25) is 4.90 Å². The molecule has 0 unspecified atom stereocenters. The molecule has 0 saturated heterocycles. The Morgan fingerprint density at radius 3 is 2.93 bits per heavy atom. The average Bonchev–Trinajstić information content (AvgIpc) is 2.69. The minimum absolute atomic E-state index is 0.821. The van der Waals surface area contributed by atoms with Crippen molar-refractivity contribution in [3.63, 3.8) is 0 Å². The van der Waals surface area contributed by atoms with Crippen molar-refractivity contribution in [2.75, 3.05) is 19.5 Å². The molecule has 0 aliphatic rings. The van der Waals surface area contributed by atoms with Gasteiger partial charge in [-0.25, -0.2) is 0 Å². The van der Waals surface area contributed by atoms with Crippen LogP contribution < -0.4 is 0 Å². The fourth-order valence-corrected chi connectivity index (χ4v) is 2.75. The summed E-state index contributed by atoms with van der Waals surface area (Å²) < 4.78 is 1.39. The summed E-state index contributed by atoms with van der Waals surface area (Å²) in [5.41, 5.74) is 1.46. The van der Waals surface area contributed by atoms with Crippen molar-refractivity contribution in [3.8, 4) is 0 Å². The highest BCUT2D eigenvalue weighted by molar-refractivity contribution is 7.80. The highest BCUT2D eigenvalue weighted by Crippen LogP contribution is 2.25. The van der Waals surface area contributed by atoms with E-state index in [9.17, 15) is 0 Å². The first kappa shape index (κ1) is 11.0. The van der Waals surface area contributed by atoms with Crippen molar-refractivity contribution in [1.82, 2.24) is 4.90 Å². The van der Waals surface area contributed by atoms with Gasteiger partial charge in [-0.2, -0.15) is 12.6 Å². The van der Waals surface area contributed by atoms with Crippen molar-refractivity contribution in [2.45, 2.75) is 6.42 Å². The topological polar surface area (TPSA) is 3.24 Å². The number of thiol groups is 1. The Bertz CT molecular complexity index is 436. The SMILES string of the molecule is CN(CS)CCc1csc2ccccc12. The maximum atomic E-state index is 4.25. The molecule has 0 aliphatic heterocycles. The molecule has 3 heteroatoms. The predicted molar refractivity (Wildman–Crippen MR) is 72.0 cm³/mol. The number of nitrogens with zero attached hydrogens (tertiary/aromatic N) is 1. The van der Waals surface area contributed by atoms with Gasteiger partial charge in [0.1, 0.15) is 0 Å². The van der Waals surface area contributed by atoms with Gasteiger partial charge >= 0.3 is 0 Å². The fraction of sp³-hybridized carbons (Fsp3) is 0.333. The summed E-state index contributed by atoms with van der Waals surface area (Å²) in [4.78, 5) is 2.22. The standard InChI is InChI=1S/C12H15NS2/c1-13(9-14)7-6-10-8-15-12-5-3-2-4-11(10)12/h2-5,8,14H,6-7,9H2,1H3. The Hall–Kier alpha value is -0.510. The van der Waals surface area contributed by atoms with Crippen LogP contribution in [0.2, 0.25) is 0 Å².